The Labute approximate surface area is 103 Å². The van der Waals surface area contributed by atoms with Gasteiger partial charge in [-0.05, 0) is 23.8 Å². The normalized spacial score (nSPS) is 10.9. The van der Waals surface area contributed by atoms with Gasteiger partial charge in [-0.15, -0.1) is 0 Å². The van der Waals surface area contributed by atoms with Gasteiger partial charge in [-0.3, -0.25) is 0 Å². The van der Waals surface area contributed by atoms with Gasteiger partial charge in [-0.2, -0.15) is 0 Å². The van der Waals surface area contributed by atoms with Crippen molar-refractivity contribution in [1.82, 2.24) is 0 Å². The summed E-state index contributed by atoms with van der Waals surface area (Å²) in [5, 5.41) is 2.27. The zero-order valence-corrected chi connectivity index (χ0v) is 9.55. The first kappa shape index (κ1) is 10.7. The van der Waals surface area contributed by atoms with E-state index in [9.17, 15) is 9.59 Å². The highest BCUT2D eigenvalue weighted by molar-refractivity contribution is 6.04. The summed E-state index contributed by atoms with van der Waals surface area (Å²) >= 11 is 0. The lowest BCUT2D eigenvalue weighted by molar-refractivity contribution is -0.107. The van der Waals surface area contributed by atoms with Gasteiger partial charge < -0.3 is 9.21 Å². The van der Waals surface area contributed by atoms with E-state index in [2.05, 4.69) is 0 Å². The lowest BCUT2D eigenvalue weighted by atomic mass is 10.0. The molecule has 0 bridgehead atoms. The molecule has 1 aromatic heterocycles. The van der Waals surface area contributed by atoms with Crippen molar-refractivity contribution in [2.45, 2.75) is 6.42 Å². The summed E-state index contributed by atoms with van der Waals surface area (Å²) in [5.41, 5.74) is 1.12. The minimum Gasteiger partial charge on any atom is -0.422 e. The summed E-state index contributed by atoms with van der Waals surface area (Å²) in [6.45, 7) is 0. The van der Waals surface area contributed by atoms with Crippen molar-refractivity contribution in [2.75, 3.05) is 0 Å². The van der Waals surface area contributed by atoms with Crippen LogP contribution in [0.2, 0.25) is 0 Å². The second-order valence-electron chi connectivity index (χ2n) is 4.14. The lowest BCUT2D eigenvalue weighted by Crippen LogP contribution is -2.00. The Morgan fingerprint density at radius 1 is 1.00 bits per heavy atom. The number of hydrogen-bond donors (Lipinski definition) is 0. The third kappa shape index (κ3) is 1.61. The highest BCUT2D eigenvalue weighted by Gasteiger charge is 2.07. The van der Waals surface area contributed by atoms with Gasteiger partial charge >= 0.3 is 5.63 Å². The second-order valence-corrected chi connectivity index (χ2v) is 4.14. The van der Waals surface area contributed by atoms with Crippen molar-refractivity contribution < 1.29 is 9.21 Å². The molecule has 0 aliphatic carbocycles. The van der Waals surface area contributed by atoms with Crippen molar-refractivity contribution >= 4 is 28.0 Å². The number of para-hydroxylation sites is 1. The van der Waals surface area contributed by atoms with E-state index >= 15 is 0 Å². The summed E-state index contributed by atoms with van der Waals surface area (Å²) in [6.07, 6.45) is 1.21. The molecule has 0 spiro atoms. The van der Waals surface area contributed by atoms with Gasteiger partial charge in [0.25, 0.3) is 0 Å². The number of rotatable bonds is 2. The molecule has 0 aliphatic heterocycles. The number of benzene rings is 2. The average Bonchev–Trinajstić information content (AvgIpc) is 2.39. The van der Waals surface area contributed by atoms with E-state index in [0.717, 1.165) is 22.6 Å². The van der Waals surface area contributed by atoms with Crippen LogP contribution >= 0.6 is 0 Å². The molecule has 0 fully saturated rings. The van der Waals surface area contributed by atoms with Crippen LogP contribution in [0.5, 0.6) is 0 Å². The fraction of sp³-hybridized carbons (Fsp3) is 0.0667. The Morgan fingerprint density at radius 2 is 1.83 bits per heavy atom. The lowest BCUT2D eigenvalue weighted by Gasteiger charge is -2.03. The molecule has 3 heteroatoms. The Balaban J connectivity index is 2.47. The Hall–Kier alpha value is -2.42. The fourth-order valence-corrected chi connectivity index (χ4v) is 2.15. The molecule has 0 amide bonds. The van der Waals surface area contributed by atoms with Crippen molar-refractivity contribution in [3.8, 4) is 0 Å². The van der Waals surface area contributed by atoms with Gasteiger partial charge in [-0.25, -0.2) is 4.79 Å². The number of carbonyl (C=O) groups is 1. The zero-order chi connectivity index (χ0) is 12.5. The van der Waals surface area contributed by atoms with Crippen LogP contribution in [-0.2, 0) is 11.2 Å². The van der Waals surface area contributed by atoms with Crippen LogP contribution in [-0.4, -0.2) is 6.29 Å². The maximum atomic E-state index is 11.8. The Bertz CT molecular complexity index is 800. The minimum atomic E-state index is -0.346. The smallest absolute Gasteiger partial charge is 0.344 e. The van der Waals surface area contributed by atoms with E-state index in [1.165, 1.54) is 0 Å². The van der Waals surface area contributed by atoms with Crippen LogP contribution in [0.3, 0.4) is 0 Å². The molecule has 0 aliphatic rings. The molecule has 18 heavy (non-hydrogen) atoms. The number of fused-ring (bicyclic) bond motifs is 3. The molecule has 2 aromatic carbocycles. The van der Waals surface area contributed by atoms with Crippen molar-refractivity contribution in [3.63, 3.8) is 0 Å². The molecule has 88 valence electrons. The van der Waals surface area contributed by atoms with Crippen LogP contribution in [0.15, 0.2) is 51.7 Å². The molecule has 3 nitrogen and oxygen atoms in total. The van der Waals surface area contributed by atoms with E-state index < -0.39 is 0 Å². The summed E-state index contributed by atoms with van der Waals surface area (Å²) in [6, 6.07) is 12.8. The van der Waals surface area contributed by atoms with Gasteiger partial charge in [0.1, 0.15) is 11.9 Å². The molecule has 0 N–H and O–H groups in total. The molecule has 3 rings (SSSR count). The quantitative estimate of drug-likeness (QED) is 0.392. The summed E-state index contributed by atoms with van der Waals surface area (Å²) in [7, 11) is 0. The summed E-state index contributed by atoms with van der Waals surface area (Å²) < 4.78 is 5.25. The van der Waals surface area contributed by atoms with Crippen LogP contribution in [0.1, 0.15) is 5.56 Å². The molecule has 0 saturated heterocycles. The Kier molecular flexibility index (Phi) is 2.45. The topological polar surface area (TPSA) is 47.3 Å². The second kappa shape index (κ2) is 4.11. The van der Waals surface area contributed by atoms with Crippen LogP contribution in [0, 0.1) is 0 Å². The molecular weight excluding hydrogens is 228 g/mol. The maximum absolute atomic E-state index is 11.8. The highest BCUT2D eigenvalue weighted by atomic mass is 16.4. The van der Waals surface area contributed by atoms with Gasteiger partial charge in [0.15, 0.2) is 0 Å². The number of hydrogen-bond acceptors (Lipinski definition) is 3. The molecule has 0 saturated carbocycles. The predicted octanol–water partition coefficient (Wildman–Crippen LogP) is 2.69. The van der Waals surface area contributed by atoms with Gasteiger partial charge in [0.2, 0.25) is 0 Å². The highest BCUT2D eigenvalue weighted by Crippen LogP contribution is 2.23. The molecular formula is C15H10O3. The first-order chi connectivity index (χ1) is 8.79. The Morgan fingerprint density at radius 3 is 2.67 bits per heavy atom. The van der Waals surface area contributed by atoms with E-state index in [1.54, 1.807) is 18.2 Å². The zero-order valence-electron chi connectivity index (χ0n) is 9.55. The van der Waals surface area contributed by atoms with Crippen molar-refractivity contribution in [1.29, 1.82) is 0 Å². The largest absolute Gasteiger partial charge is 0.422 e. The van der Waals surface area contributed by atoms with E-state index in [4.69, 9.17) is 4.42 Å². The number of carbonyl (C=O) groups excluding carboxylic acids is 1. The molecule has 0 radical (unpaired) electrons. The van der Waals surface area contributed by atoms with Crippen LogP contribution < -0.4 is 5.63 Å². The van der Waals surface area contributed by atoms with Crippen molar-refractivity contribution in [2.24, 2.45) is 0 Å². The average molecular weight is 238 g/mol. The molecule has 0 atom stereocenters. The SMILES string of the molecule is O=CCc1ccc2c(=O)oc3ccccc3c2c1. The monoisotopic (exact) mass is 238 g/mol. The molecule has 0 unspecified atom stereocenters. The van der Waals surface area contributed by atoms with Crippen molar-refractivity contribution in [3.05, 3.63) is 58.4 Å². The van der Waals surface area contributed by atoms with Gasteiger partial charge in [-0.1, -0.05) is 24.3 Å². The third-order valence-electron chi connectivity index (χ3n) is 3.00. The van der Waals surface area contributed by atoms with E-state index in [0.29, 0.717) is 17.4 Å². The van der Waals surface area contributed by atoms with Gasteiger partial charge in [0, 0.05) is 17.2 Å². The van der Waals surface area contributed by atoms with E-state index in [1.807, 2.05) is 24.3 Å². The number of aldehydes is 1. The van der Waals surface area contributed by atoms with E-state index in [-0.39, 0.29) is 5.63 Å². The first-order valence-corrected chi connectivity index (χ1v) is 5.68. The van der Waals surface area contributed by atoms with Gasteiger partial charge in [0.05, 0.1) is 5.39 Å². The maximum Gasteiger partial charge on any atom is 0.344 e. The van der Waals surface area contributed by atoms with Crippen LogP contribution in [0.25, 0.3) is 21.7 Å². The van der Waals surface area contributed by atoms with Crippen LogP contribution in [0.4, 0.5) is 0 Å². The summed E-state index contributed by atoms with van der Waals surface area (Å²) in [4.78, 5) is 22.4. The molecule has 3 aromatic rings. The first-order valence-electron chi connectivity index (χ1n) is 5.68. The summed E-state index contributed by atoms with van der Waals surface area (Å²) in [5.74, 6) is 0. The molecule has 1 heterocycles. The third-order valence-corrected chi connectivity index (χ3v) is 3.00. The fourth-order valence-electron chi connectivity index (χ4n) is 2.15. The minimum absolute atomic E-state index is 0.346. The standard InChI is InChI=1S/C15H10O3/c16-8-7-10-5-6-12-13(9-10)11-3-1-2-4-14(11)18-15(12)17/h1-6,8-9H,7H2. The predicted molar refractivity (Wildman–Crippen MR) is 69.8 cm³/mol.